The van der Waals surface area contributed by atoms with E-state index >= 15 is 0 Å². The van der Waals surface area contributed by atoms with Gasteiger partial charge in [-0.05, 0) is 18.4 Å². The molecule has 0 aromatic heterocycles. The van der Waals surface area contributed by atoms with Crippen molar-refractivity contribution in [1.82, 2.24) is 4.90 Å². The van der Waals surface area contributed by atoms with Gasteiger partial charge in [-0.15, -0.1) is 0 Å². The van der Waals surface area contributed by atoms with Gasteiger partial charge in [-0.25, -0.2) is 4.79 Å². The molecule has 3 N–H and O–H groups in total. The highest BCUT2D eigenvalue weighted by Crippen LogP contribution is 2.28. The van der Waals surface area contributed by atoms with Crippen molar-refractivity contribution in [2.75, 3.05) is 31.6 Å². The molecule has 0 bridgehead atoms. The van der Waals surface area contributed by atoms with E-state index < -0.39 is 4.92 Å². The van der Waals surface area contributed by atoms with Crippen molar-refractivity contribution in [3.05, 3.63) is 33.3 Å². The molecule has 2 amide bonds. The summed E-state index contributed by atoms with van der Waals surface area (Å²) in [6.07, 6.45) is 0.702. The van der Waals surface area contributed by atoms with Crippen LogP contribution in [0, 0.1) is 22.0 Å². The number of benzene rings is 1. The fraction of sp³-hybridized carbons (Fsp3) is 0.500. The zero-order chi connectivity index (χ0) is 17.0. The molecule has 0 saturated carbocycles. The third-order valence-electron chi connectivity index (χ3n) is 4.05. The summed E-state index contributed by atoms with van der Waals surface area (Å²) in [5.41, 5.74) is 0.148. The highest BCUT2D eigenvalue weighted by atomic mass is 35.5. The predicted octanol–water partition coefficient (Wildman–Crippen LogP) is 1.70. The van der Waals surface area contributed by atoms with Crippen molar-refractivity contribution in [3.63, 3.8) is 0 Å². The number of urea groups is 1. The third-order valence-corrected chi connectivity index (χ3v) is 4.37. The topological polar surface area (TPSA) is 116 Å². The maximum Gasteiger partial charge on any atom is 0.321 e. The lowest BCUT2D eigenvalue weighted by Gasteiger charge is -2.21. The van der Waals surface area contributed by atoms with Crippen LogP contribution < -0.4 is 5.32 Å². The zero-order valence-corrected chi connectivity index (χ0v) is 13.1. The first-order valence-corrected chi connectivity index (χ1v) is 7.55. The molecule has 2 rings (SSSR count). The predicted molar refractivity (Wildman–Crippen MR) is 84.5 cm³/mol. The fourth-order valence-corrected chi connectivity index (χ4v) is 2.85. The van der Waals surface area contributed by atoms with Crippen LogP contribution >= 0.6 is 11.6 Å². The molecule has 1 aromatic carbocycles. The van der Waals surface area contributed by atoms with Gasteiger partial charge in [0.1, 0.15) is 0 Å². The van der Waals surface area contributed by atoms with Gasteiger partial charge >= 0.3 is 6.03 Å². The molecule has 1 atom stereocenters. The molecule has 1 unspecified atom stereocenters. The van der Waals surface area contributed by atoms with E-state index in [9.17, 15) is 25.1 Å². The zero-order valence-electron chi connectivity index (χ0n) is 12.3. The van der Waals surface area contributed by atoms with Crippen molar-refractivity contribution < 1.29 is 19.9 Å². The molecule has 9 heteroatoms. The van der Waals surface area contributed by atoms with Gasteiger partial charge in [-0.3, -0.25) is 10.1 Å². The van der Waals surface area contributed by atoms with Crippen LogP contribution in [0.4, 0.5) is 16.2 Å². The van der Waals surface area contributed by atoms with Gasteiger partial charge in [0.05, 0.1) is 15.6 Å². The molecule has 0 radical (unpaired) electrons. The van der Waals surface area contributed by atoms with Crippen LogP contribution in [0.25, 0.3) is 0 Å². The molecule has 1 aromatic rings. The Hall–Kier alpha value is -1.90. The summed E-state index contributed by atoms with van der Waals surface area (Å²) in [6.45, 7) is 0.704. The van der Waals surface area contributed by atoms with E-state index in [1.54, 1.807) is 4.90 Å². The van der Waals surface area contributed by atoms with Crippen molar-refractivity contribution in [2.24, 2.45) is 11.8 Å². The standard InChI is InChI=1S/C14H18ClN3O5/c15-12-5-11(18(22)23)1-2-13(12)16-14(21)17-4-3-9(6-17)10(7-19)8-20/h1-2,5,9-10,19-20H,3-4,6-8H2,(H,16,21). The Bertz CT molecular complexity index is 594. The summed E-state index contributed by atoms with van der Waals surface area (Å²) in [5.74, 6) is -0.196. The number of aliphatic hydroxyl groups is 2. The summed E-state index contributed by atoms with van der Waals surface area (Å²) in [7, 11) is 0. The lowest BCUT2D eigenvalue weighted by atomic mass is 9.93. The number of carbonyl (C=O) groups is 1. The number of nitro benzene ring substituents is 1. The van der Waals surface area contributed by atoms with Gasteiger partial charge in [0, 0.05) is 44.4 Å². The van der Waals surface area contributed by atoms with Gasteiger partial charge in [0.2, 0.25) is 0 Å². The maximum atomic E-state index is 12.2. The van der Waals surface area contributed by atoms with Crippen molar-refractivity contribution in [2.45, 2.75) is 6.42 Å². The van der Waals surface area contributed by atoms with Crippen LogP contribution in [0.5, 0.6) is 0 Å². The van der Waals surface area contributed by atoms with E-state index in [1.807, 2.05) is 0 Å². The van der Waals surface area contributed by atoms with Gasteiger partial charge in [0.25, 0.3) is 5.69 Å². The Morgan fingerprint density at radius 1 is 1.48 bits per heavy atom. The van der Waals surface area contributed by atoms with E-state index in [4.69, 9.17) is 11.6 Å². The number of hydrogen-bond donors (Lipinski definition) is 3. The monoisotopic (exact) mass is 343 g/mol. The van der Waals surface area contributed by atoms with E-state index in [0.717, 1.165) is 0 Å². The number of rotatable bonds is 5. The average Bonchev–Trinajstić information content (AvgIpc) is 3.00. The second-order valence-corrected chi connectivity index (χ2v) is 5.88. The van der Waals surface area contributed by atoms with Crippen LogP contribution in [0.2, 0.25) is 5.02 Å². The van der Waals surface area contributed by atoms with Crippen LogP contribution in [-0.4, -0.2) is 52.4 Å². The smallest absolute Gasteiger partial charge is 0.321 e. The number of amides is 2. The molecule has 0 spiro atoms. The Balaban J connectivity index is 1.99. The van der Waals surface area contributed by atoms with Gasteiger partial charge in [-0.2, -0.15) is 0 Å². The molecule has 0 aliphatic carbocycles. The second kappa shape index (κ2) is 7.58. The summed E-state index contributed by atoms with van der Waals surface area (Å²) in [6, 6.07) is 3.47. The first-order chi connectivity index (χ1) is 11.0. The molecule has 1 saturated heterocycles. The number of aliphatic hydroxyl groups excluding tert-OH is 2. The van der Waals surface area contributed by atoms with Gasteiger partial charge in [-0.1, -0.05) is 11.6 Å². The van der Waals surface area contributed by atoms with Crippen molar-refractivity contribution >= 4 is 29.0 Å². The number of likely N-dealkylation sites (tertiary alicyclic amines) is 1. The maximum absolute atomic E-state index is 12.2. The average molecular weight is 344 g/mol. The van der Waals surface area contributed by atoms with Crippen molar-refractivity contribution in [1.29, 1.82) is 0 Å². The highest BCUT2D eigenvalue weighted by molar-refractivity contribution is 6.33. The number of hydrogen-bond acceptors (Lipinski definition) is 5. The first kappa shape index (κ1) is 17.5. The largest absolute Gasteiger partial charge is 0.396 e. The minimum Gasteiger partial charge on any atom is -0.396 e. The summed E-state index contributed by atoms with van der Waals surface area (Å²) in [5, 5.41) is 31.8. The summed E-state index contributed by atoms with van der Waals surface area (Å²) < 4.78 is 0. The fourth-order valence-electron chi connectivity index (χ4n) is 2.63. The minimum absolute atomic E-state index is 0.0445. The number of nitro groups is 1. The lowest BCUT2D eigenvalue weighted by Crippen LogP contribution is -2.34. The minimum atomic E-state index is -0.563. The molecular weight excluding hydrogens is 326 g/mol. The van der Waals surface area contributed by atoms with E-state index in [1.165, 1.54) is 18.2 Å². The number of anilines is 1. The number of nitrogens with zero attached hydrogens (tertiary/aromatic N) is 2. The Labute approximate surface area is 137 Å². The Morgan fingerprint density at radius 2 is 2.17 bits per heavy atom. The van der Waals surface area contributed by atoms with E-state index in [2.05, 4.69) is 5.32 Å². The number of halogens is 1. The van der Waals surface area contributed by atoms with Crippen LogP contribution in [0.1, 0.15) is 6.42 Å². The van der Waals surface area contributed by atoms with Gasteiger partial charge < -0.3 is 20.4 Å². The van der Waals surface area contributed by atoms with Crippen LogP contribution in [0.15, 0.2) is 18.2 Å². The number of non-ortho nitro benzene ring substituents is 1. The van der Waals surface area contributed by atoms with Gasteiger partial charge in [0.15, 0.2) is 0 Å². The van der Waals surface area contributed by atoms with Crippen LogP contribution in [-0.2, 0) is 0 Å². The summed E-state index contributed by atoms with van der Waals surface area (Å²) in [4.78, 5) is 23.9. The lowest BCUT2D eigenvalue weighted by molar-refractivity contribution is -0.384. The number of carbonyl (C=O) groups excluding carboxylic acids is 1. The normalized spacial score (nSPS) is 17.6. The van der Waals surface area contributed by atoms with E-state index in [-0.39, 0.29) is 41.8 Å². The molecule has 23 heavy (non-hydrogen) atoms. The summed E-state index contributed by atoms with van der Waals surface area (Å²) >= 11 is 5.94. The SMILES string of the molecule is O=C(Nc1ccc([N+](=O)[O-])cc1Cl)N1CCC(C(CO)CO)C1. The molecule has 8 nitrogen and oxygen atoms in total. The quantitative estimate of drug-likeness (QED) is 0.556. The highest BCUT2D eigenvalue weighted by Gasteiger charge is 2.31. The molecular formula is C14H18ClN3O5. The van der Waals surface area contributed by atoms with Crippen molar-refractivity contribution in [3.8, 4) is 0 Å². The first-order valence-electron chi connectivity index (χ1n) is 7.17. The molecule has 1 fully saturated rings. The second-order valence-electron chi connectivity index (χ2n) is 5.47. The molecule has 1 aliphatic heterocycles. The molecule has 126 valence electrons. The third kappa shape index (κ3) is 4.10. The molecule has 1 heterocycles. The van der Waals surface area contributed by atoms with E-state index in [0.29, 0.717) is 25.2 Å². The molecule has 1 aliphatic rings. The Kier molecular flexibility index (Phi) is 5.75. The number of nitrogens with one attached hydrogen (secondary N) is 1. The Morgan fingerprint density at radius 3 is 2.74 bits per heavy atom. The van der Waals surface area contributed by atoms with Crippen LogP contribution in [0.3, 0.4) is 0 Å².